The summed E-state index contributed by atoms with van der Waals surface area (Å²) in [7, 11) is -4.48. The largest absolute Gasteiger partial charge is 0.333 e. The molecule has 0 fully saturated rings. The summed E-state index contributed by atoms with van der Waals surface area (Å²) in [5.41, 5.74) is 1.19. The predicted molar refractivity (Wildman–Crippen MR) is 88.0 cm³/mol. The number of carbonyl (C=O) groups is 2. The third-order valence-corrected chi connectivity index (χ3v) is 4.29. The Kier molecular flexibility index (Phi) is 5.02. The number of rotatable bonds is 2. The van der Waals surface area contributed by atoms with Crippen molar-refractivity contribution in [1.82, 2.24) is 4.72 Å². The van der Waals surface area contributed by atoms with Crippen molar-refractivity contribution in [3.05, 3.63) is 64.7 Å². The summed E-state index contributed by atoms with van der Waals surface area (Å²) in [6.07, 6.45) is 0. The number of urea groups is 1. The van der Waals surface area contributed by atoms with Crippen molar-refractivity contribution in [2.75, 3.05) is 5.32 Å². The molecule has 2 rings (SSSR count). The van der Waals surface area contributed by atoms with E-state index in [2.05, 4.69) is 5.32 Å². The Morgan fingerprint density at radius 2 is 1.52 bits per heavy atom. The first-order chi connectivity index (χ1) is 10.8. The molecule has 0 aromatic heterocycles. The third kappa shape index (κ3) is 4.54. The average Bonchev–Trinajstić information content (AvgIpc) is 2.49. The molecule has 0 aliphatic heterocycles. The summed E-state index contributed by atoms with van der Waals surface area (Å²) in [6.45, 7) is 1.81. The van der Waals surface area contributed by atoms with E-state index >= 15 is 0 Å². The van der Waals surface area contributed by atoms with Gasteiger partial charge in [0.1, 0.15) is 0 Å². The van der Waals surface area contributed by atoms with Gasteiger partial charge < -0.3 is 5.32 Å². The van der Waals surface area contributed by atoms with Crippen LogP contribution in [0.15, 0.2) is 48.5 Å². The smallest absolute Gasteiger partial charge is 0.307 e. The number of aryl methyl sites for hydroxylation is 1. The Morgan fingerprint density at radius 1 is 0.957 bits per heavy atom. The van der Waals surface area contributed by atoms with Gasteiger partial charge in [-0.05, 0) is 43.3 Å². The molecule has 0 radical (unpaired) electrons. The highest BCUT2D eigenvalue weighted by molar-refractivity contribution is 8.05. The number of carbonyl (C=O) groups excluding carboxylic acids is 2. The molecule has 8 heteroatoms. The van der Waals surface area contributed by atoms with Gasteiger partial charge in [0.2, 0.25) is 0 Å². The van der Waals surface area contributed by atoms with Crippen LogP contribution in [-0.4, -0.2) is 19.6 Å². The molecule has 120 valence electrons. The Hall–Kier alpha value is -2.38. The van der Waals surface area contributed by atoms with Crippen molar-refractivity contribution < 1.29 is 18.0 Å². The highest BCUT2D eigenvalue weighted by Crippen LogP contribution is 2.13. The van der Waals surface area contributed by atoms with Gasteiger partial charge in [-0.3, -0.25) is 4.79 Å². The molecular weight excluding hydrogens is 340 g/mol. The number of anilines is 1. The van der Waals surface area contributed by atoms with E-state index in [1.54, 1.807) is 23.8 Å². The quantitative estimate of drug-likeness (QED) is 0.869. The van der Waals surface area contributed by atoms with E-state index in [0.717, 1.165) is 5.56 Å². The minimum Gasteiger partial charge on any atom is -0.307 e. The molecule has 0 atom stereocenters. The van der Waals surface area contributed by atoms with Crippen LogP contribution in [0.1, 0.15) is 15.9 Å². The molecule has 6 nitrogen and oxygen atoms in total. The van der Waals surface area contributed by atoms with Gasteiger partial charge in [-0.2, -0.15) is 8.42 Å². The Balaban J connectivity index is 2.07. The van der Waals surface area contributed by atoms with Crippen LogP contribution in [0, 0.1) is 6.92 Å². The van der Waals surface area contributed by atoms with Gasteiger partial charge in [0.15, 0.2) is 0 Å². The lowest BCUT2D eigenvalue weighted by Gasteiger charge is -2.08. The summed E-state index contributed by atoms with van der Waals surface area (Å²) < 4.78 is 25.5. The van der Waals surface area contributed by atoms with Crippen LogP contribution in [-0.2, 0) is 10.0 Å². The van der Waals surface area contributed by atoms with Crippen LogP contribution >= 0.6 is 11.6 Å². The zero-order chi connectivity index (χ0) is 17.0. The molecule has 23 heavy (non-hydrogen) atoms. The predicted octanol–water partition coefficient (Wildman–Crippen LogP) is 2.94. The van der Waals surface area contributed by atoms with Crippen molar-refractivity contribution >= 4 is 38.5 Å². The van der Waals surface area contributed by atoms with E-state index in [1.807, 2.05) is 0 Å². The fraction of sp³-hybridized carbons (Fsp3) is 0.0667. The van der Waals surface area contributed by atoms with Crippen molar-refractivity contribution in [2.45, 2.75) is 6.92 Å². The number of hydrogen-bond acceptors (Lipinski definition) is 4. The van der Waals surface area contributed by atoms with Gasteiger partial charge in [0, 0.05) is 16.3 Å². The van der Waals surface area contributed by atoms with Gasteiger partial charge in [-0.1, -0.05) is 29.3 Å². The second-order valence-electron chi connectivity index (χ2n) is 4.72. The zero-order valence-electron chi connectivity index (χ0n) is 12.0. The van der Waals surface area contributed by atoms with E-state index in [-0.39, 0.29) is 5.56 Å². The number of hydrogen-bond donors (Lipinski definition) is 2. The molecule has 0 heterocycles. The van der Waals surface area contributed by atoms with Crippen LogP contribution < -0.4 is 10.0 Å². The van der Waals surface area contributed by atoms with E-state index < -0.39 is 21.2 Å². The fourth-order valence-electron chi connectivity index (χ4n) is 1.70. The highest BCUT2D eigenvalue weighted by atomic mass is 35.5. The second-order valence-corrected chi connectivity index (χ2v) is 6.74. The Labute approximate surface area is 138 Å². The van der Waals surface area contributed by atoms with Gasteiger partial charge in [-0.15, -0.1) is 0 Å². The van der Waals surface area contributed by atoms with Crippen molar-refractivity contribution in [3.63, 3.8) is 0 Å². The lowest BCUT2D eigenvalue weighted by molar-refractivity contribution is 0.107. The maximum atomic E-state index is 12.0. The van der Waals surface area contributed by atoms with Crippen LogP contribution in [0.25, 0.3) is 0 Å². The maximum Gasteiger partial charge on any atom is 0.333 e. The molecule has 0 saturated heterocycles. The molecule has 0 aliphatic rings. The van der Waals surface area contributed by atoms with Crippen LogP contribution in [0.5, 0.6) is 0 Å². The highest BCUT2D eigenvalue weighted by Gasteiger charge is 2.26. The molecule has 2 aromatic rings. The van der Waals surface area contributed by atoms with Crippen LogP contribution in [0.4, 0.5) is 10.5 Å². The first-order valence-electron chi connectivity index (χ1n) is 6.48. The molecule has 0 spiro atoms. The average molecular weight is 353 g/mol. The number of benzene rings is 2. The molecule has 0 saturated carbocycles. The van der Waals surface area contributed by atoms with E-state index in [0.29, 0.717) is 10.7 Å². The minimum atomic E-state index is -4.48. The fourth-order valence-corrected chi connectivity index (χ4v) is 2.66. The van der Waals surface area contributed by atoms with E-state index in [9.17, 15) is 18.0 Å². The van der Waals surface area contributed by atoms with Crippen LogP contribution in [0.2, 0.25) is 5.02 Å². The summed E-state index contributed by atoms with van der Waals surface area (Å²) in [6, 6.07) is 11.0. The normalized spacial score (nSPS) is 10.9. The molecule has 2 N–H and O–H groups in total. The molecule has 0 unspecified atom stereocenters. The molecule has 2 aromatic carbocycles. The van der Waals surface area contributed by atoms with E-state index in [4.69, 9.17) is 11.6 Å². The first-order valence-corrected chi connectivity index (χ1v) is 8.34. The van der Waals surface area contributed by atoms with Crippen LogP contribution in [0.3, 0.4) is 0 Å². The summed E-state index contributed by atoms with van der Waals surface area (Å²) in [4.78, 5) is 23.7. The van der Waals surface area contributed by atoms with Gasteiger partial charge in [-0.25, -0.2) is 9.52 Å². The molecular formula is C15H13ClN2O4S. The topological polar surface area (TPSA) is 92.3 Å². The summed E-state index contributed by atoms with van der Waals surface area (Å²) in [5.74, 6) is 0. The first kappa shape index (κ1) is 17.0. The monoisotopic (exact) mass is 352 g/mol. The second kappa shape index (κ2) is 6.80. The summed E-state index contributed by atoms with van der Waals surface area (Å²) >= 11 is 5.71. The SMILES string of the molecule is Cc1ccc(C(=O)S(=O)(=O)NC(=O)Nc2ccc(Cl)cc2)cc1. The lowest BCUT2D eigenvalue weighted by atomic mass is 10.2. The van der Waals surface area contributed by atoms with Gasteiger partial charge in [0.05, 0.1) is 0 Å². The number of sulfonamides is 1. The number of nitrogens with one attached hydrogen (secondary N) is 2. The van der Waals surface area contributed by atoms with Gasteiger partial charge in [0.25, 0.3) is 5.12 Å². The molecule has 2 amide bonds. The summed E-state index contributed by atoms with van der Waals surface area (Å²) in [5, 5.41) is 1.59. The van der Waals surface area contributed by atoms with E-state index in [1.165, 1.54) is 36.4 Å². The Bertz CT molecular complexity index is 831. The lowest BCUT2D eigenvalue weighted by Crippen LogP contribution is -2.38. The molecule has 0 bridgehead atoms. The third-order valence-electron chi connectivity index (χ3n) is 2.86. The number of amides is 2. The van der Waals surface area contributed by atoms with Gasteiger partial charge >= 0.3 is 16.1 Å². The van der Waals surface area contributed by atoms with Crippen molar-refractivity contribution in [3.8, 4) is 0 Å². The maximum absolute atomic E-state index is 12.0. The number of halogens is 1. The van der Waals surface area contributed by atoms with Crippen molar-refractivity contribution in [1.29, 1.82) is 0 Å². The zero-order valence-corrected chi connectivity index (χ0v) is 13.6. The van der Waals surface area contributed by atoms with Crippen molar-refractivity contribution in [2.24, 2.45) is 0 Å². The minimum absolute atomic E-state index is 0.0256. The standard InChI is InChI=1S/C15H13ClN2O4S/c1-10-2-4-11(5-3-10)14(19)23(21,22)18-15(20)17-13-8-6-12(16)7-9-13/h2-9H,1H3,(H2,17,18,20). The Morgan fingerprint density at radius 3 is 2.09 bits per heavy atom. The molecule has 0 aliphatic carbocycles.